The molecule has 6 aliphatic rings. The minimum Gasteiger partial charge on any atom is -0.328 e. The van der Waals surface area contributed by atoms with Crippen molar-refractivity contribution in [2.75, 3.05) is 0 Å². The van der Waals surface area contributed by atoms with Gasteiger partial charge in [-0.2, -0.15) is 0 Å². The van der Waals surface area contributed by atoms with Gasteiger partial charge in [-0.15, -0.1) is 0 Å². The van der Waals surface area contributed by atoms with Crippen LogP contribution < -0.4 is 5.73 Å². The fourth-order valence-corrected chi connectivity index (χ4v) is 10.9. The summed E-state index contributed by atoms with van der Waals surface area (Å²) in [6, 6.07) is 0.518. The summed E-state index contributed by atoms with van der Waals surface area (Å²) < 4.78 is 0. The SMILES string of the molecule is CCC1(CC2C3CCCC3C23CCC3)C2(CCCC2)C12CCC(N)C2. The van der Waals surface area contributed by atoms with E-state index in [1.165, 1.54) is 38.5 Å². The van der Waals surface area contributed by atoms with Crippen molar-refractivity contribution in [2.45, 2.75) is 109 Å². The van der Waals surface area contributed by atoms with Crippen molar-refractivity contribution >= 4 is 0 Å². The van der Waals surface area contributed by atoms with Crippen LogP contribution >= 0.6 is 0 Å². The second kappa shape index (κ2) is 4.86. The molecule has 6 atom stereocenters. The van der Waals surface area contributed by atoms with Gasteiger partial charge in [-0.1, -0.05) is 32.6 Å². The number of hydrogen-bond donors (Lipinski definition) is 1. The predicted octanol–water partition coefficient (Wildman–Crippen LogP) is 6.06. The van der Waals surface area contributed by atoms with E-state index in [4.69, 9.17) is 5.73 Å². The lowest BCUT2D eigenvalue weighted by molar-refractivity contribution is -0.173. The molecule has 0 aromatic heterocycles. The molecule has 1 nitrogen and oxygen atoms in total. The largest absolute Gasteiger partial charge is 0.328 e. The average Bonchev–Trinajstić information content (AvgIpc) is 3.13. The van der Waals surface area contributed by atoms with E-state index in [2.05, 4.69) is 6.92 Å². The highest BCUT2D eigenvalue weighted by atomic mass is 14.9. The summed E-state index contributed by atoms with van der Waals surface area (Å²) in [5, 5.41) is 0. The van der Waals surface area contributed by atoms with Crippen LogP contribution in [0.4, 0.5) is 0 Å². The Bertz CT molecular complexity index is 571. The normalized spacial score (nSPS) is 54.0. The molecule has 6 saturated carbocycles. The maximum absolute atomic E-state index is 6.53. The van der Waals surface area contributed by atoms with Gasteiger partial charge in [0.05, 0.1) is 0 Å². The highest BCUT2D eigenvalue weighted by Crippen LogP contribution is 2.92. The first kappa shape index (κ1) is 16.0. The topological polar surface area (TPSA) is 26.0 Å². The summed E-state index contributed by atoms with van der Waals surface area (Å²) in [6.45, 7) is 2.57. The molecule has 2 N–H and O–H groups in total. The van der Waals surface area contributed by atoms with Gasteiger partial charge in [0.2, 0.25) is 0 Å². The Kier molecular flexibility index (Phi) is 3.11. The van der Waals surface area contributed by atoms with E-state index in [0.29, 0.717) is 16.9 Å². The van der Waals surface area contributed by atoms with E-state index in [1.54, 1.807) is 57.8 Å². The molecule has 1 heteroatoms. The molecule has 0 aromatic rings. The monoisotopic (exact) mass is 341 g/mol. The average molecular weight is 342 g/mol. The Morgan fingerprint density at radius 2 is 1.64 bits per heavy atom. The molecular weight excluding hydrogens is 302 g/mol. The second-order valence-electron chi connectivity index (χ2n) is 11.4. The van der Waals surface area contributed by atoms with Crippen molar-refractivity contribution in [1.29, 1.82) is 0 Å². The Morgan fingerprint density at radius 1 is 0.840 bits per heavy atom. The minimum absolute atomic E-state index is 0.518. The molecule has 3 spiro atoms. The fraction of sp³-hybridized carbons (Fsp3) is 1.00. The molecule has 6 unspecified atom stereocenters. The second-order valence-corrected chi connectivity index (χ2v) is 11.4. The highest BCUT2D eigenvalue weighted by Gasteiger charge is 2.85. The van der Waals surface area contributed by atoms with Crippen LogP contribution in [0.1, 0.15) is 103 Å². The maximum Gasteiger partial charge on any atom is 0.00447 e. The van der Waals surface area contributed by atoms with E-state index < -0.39 is 0 Å². The quantitative estimate of drug-likeness (QED) is 0.663. The molecule has 140 valence electrons. The van der Waals surface area contributed by atoms with Crippen molar-refractivity contribution < 1.29 is 0 Å². The third-order valence-electron chi connectivity index (χ3n) is 11.7. The Morgan fingerprint density at radius 3 is 2.24 bits per heavy atom. The number of hydrogen-bond acceptors (Lipinski definition) is 1. The summed E-state index contributed by atoms with van der Waals surface area (Å²) in [5.74, 6) is 3.40. The predicted molar refractivity (Wildman–Crippen MR) is 103 cm³/mol. The Hall–Kier alpha value is -0.0400. The molecule has 0 bridgehead atoms. The van der Waals surface area contributed by atoms with Gasteiger partial charge in [-0.25, -0.2) is 0 Å². The first-order valence-corrected chi connectivity index (χ1v) is 11.9. The molecular formula is C24H39N. The first-order valence-electron chi connectivity index (χ1n) is 11.9. The zero-order valence-electron chi connectivity index (χ0n) is 16.5. The van der Waals surface area contributed by atoms with Gasteiger partial charge in [0, 0.05) is 6.04 Å². The zero-order valence-corrected chi connectivity index (χ0v) is 16.5. The van der Waals surface area contributed by atoms with Crippen molar-refractivity contribution in [3.05, 3.63) is 0 Å². The lowest BCUT2D eigenvalue weighted by Crippen LogP contribution is -2.59. The molecule has 0 aliphatic heterocycles. The van der Waals surface area contributed by atoms with Gasteiger partial charge in [-0.05, 0) is 110 Å². The fourth-order valence-electron chi connectivity index (χ4n) is 10.9. The summed E-state index contributed by atoms with van der Waals surface area (Å²) in [4.78, 5) is 0. The van der Waals surface area contributed by atoms with Crippen molar-refractivity contribution in [2.24, 2.45) is 45.1 Å². The van der Waals surface area contributed by atoms with E-state index in [-0.39, 0.29) is 0 Å². The third-order valence-corrected chi connectivity index (χ3v) is 11.7. The molecule has 0 heterocycles. The smallest absolute Gasteiger partial charge is 0.00447 e. The summed E-state index contributed by atoms with van der Waals surface area (Å²) in [5.41, 5.74) is 9.48. The van der Waals surface area contributed by atoms with Crippen LogP contribution in [0.15, 0.2) is 0 Å². The van der Waals surface area contributed by atoms with Crippen LogP contribution in [0.5, 0.6) is 0 Å². The van der Waals surface area contributed by atoms with Crippen LogP contribution in [0.25, 0.3) is 0 Å². The molecule has 0 saturated heterocycles. The number of rotatable bonds is 3. The van der Waals surface area contributed by atoms with Gasteiger partial charge in [-0.3, -0.25) is 0 Å². The molecule has 25 heavy (non-hydrogen) atoms. The third kappa shape index (κ3) is 1.53. The van der Waals surface area contributed by atoms with Crippen LogP contribution in [0.3, 0.4) is 0 Å². The van der Waals surface area contributed by atoms with Crippen LogP contribution in [-0.2, 0) is 0 Å². The number of fused-ring (bicyclic) bond motifs is 3. The standard InChI is InChI=1S/C24H39N/c1-2-22(16-20-18-7-5-8-19(18)21(20)10-6-11-21)23(12-3-4-13-23)24(22)14-9-17(25)15-24/h17-20H,2-16,25H2,1H3. The molecule has 6 aliphatic carbocycles. The Labute approximate surface area is 154 Å². The van der Waals surface area contributed by atoms with Gasteiger partial charge in [0.25, 0.3) is 0 Å². The lowest BCUT2D eigenvalue weighted by atomic mass is 9.39. The van der Waals surface area contributed by atoms with E-state index in [0.717, 1.165) is 28.6 Å². The van der Waals surface area contributed by atoms with Crippen LogP contribution in [0, 0.1) is 39.4 Å². The molecule has 6 fully saturated rings. The molecule has 0 aromatic carbocycles. The van der Waals surface area contributed by atoms with Gasteiger partial charge < -0.3 is 5.73 Å². The number of nitrogens with two attached hydrogens (primary N) is 1. The van der Waals surface area contributed by atoms with Gasteiger partial charge in [0.15, 0.2) is 0 Å². The van der Waals surface area contributed by atoms with Crippen molar-refractivity contribution in [3.63, 3.8) is 0 Å². The van der Waals surface area contributed by atoms with Crippen LogP contribution in [-0.4, -0.2) is 6.04 Å². The van der Waals surface area contributed by atoms with Gasteiger partial charge in [0.1, 0.15) is 0 Å². The minimum atomic E-state index is 0.518. The maximum atomic E-state index is 6.53. The van der Waals surface area contributed by atoms with Crippen molar-refractivity contribution in [3.8, 4) is 0 Å². The summed E-state index contributed by atoms with van der Waals surface area (Å²) in [6.07, 6.45) is 22.9. The van der Waals surface area contributed by atoms with E-state index >= 15 is 0 Å². The van der Waals surface area contributed by atoms with E-state index in [9.17, 15) is 0 Å². The van der Waals surface area contributed by atoms with E-state index in [1.807, 2.05) is 0 Å². The summed E-state index contributed by atoms with van der Waals surface area (Å²) >= 11 is 0. The first-order chi connectivity index (χ1) is 12.1. The summed E-state index contributed by atoms with van der Waals surface area (Å²) in [7, 11) is 0. The zero-order chi connectivity index (χ0) is 16.9. The van der Waals surface area contributed by atoms with Crippen LogP contribution in [0.2, 0.25) is 0 Å². The molecule has 6 rings (SSSR count). The van der Waals surface area contributed by atoms with Crippen molar-refractivity contribution in [1.82, 2.24) is 0 Å². The molecule has 0 amide bonds. The lowest BCUT2D eigenvalue weighted by Gasteiger charge is -2.66. The van der Waals surface area contributed by atoms with Gasteiger partial charge >= 0.3 is 0 Å². The molecule has 0 radical (unpaired) electrons. The highest BCUT2D eigenvalue weighted by molar-refractivity contribution is 5.34. The Balaban J connectivity index is 1.36.